The normalized spacial score (nSPS) is 15.3. The number of hydrogen-bond donors (Lipinski definition) is 2. The minimum absolute atomic E-state index is 0.172. The van der Waals surface area contributed by atoms with E-state index in [1.807, 2.05) is 95.3 Å². The van der Waals surface area contributed by atoms with Gasteiger partial charge in [-0.15, -0.1) is 0 Å². The van der Waals surface area contributed by atoms with E-state index in [9.17, 15) is 25.9 Å². The smallest absolute Gasteiger partial charge is 0.267 e. The molecule has 2 heterocycles. The number of hydrogen-bond acceptors (Lipinski definition) is 8. The first-order valence-electron chi connectivity index (χ1n) is 14.8. The number of aryl methyl sites for hydroxylation is 1. The molecular weight excluding hydrogens is 649 g/mol. The topological polar surface area (TPSA) is 134 Å². The molecule has 0 fully saturated rings. The molecule has 1 aliphatic rings. The van der Waals surface area contributed by atoms with Crippen molar-refractivity contribution in [1.29, 1.82) is 0 Å². The molecule has 4 aromatic rings. The van der Waals surface area contributed by atoms with Crippen LogP contribution in [0.2, 0.25) is 0 Å². The zero-order valence-corrected chi connectivity index (χ0v) is 28.2. The van der Waals surface area contributed by atoms with Crippen LogP contribution in [0.5, 0.6) is 11.5 Å². The summed E-state index contributed by atoms with van der Waals surface area (Å²) in [6, 6.07) is 21.5. The maximum atomic E-state index is 11.8. The van der Waals surface area contributed by atoms with Gasteiger partial charge in [0.2, 0.25) is 11.4 Å². The predicted octanol–water partition coefficient (Wildman–Crippen LogP) is 6.34. The summed E-state index contributed by atoms with van der Waals surface area (Å²) in [7, 11) is -6.71. The van der Waals surface area contributed by atoms with Gasteiger partial charge in [0.15, 0.2) is 12.3 Å². The maximum Gasteiger partial charge on any atom is 0.267 e. The molecule has 0 bridgehead atoms. The molecule has 13 heteroatoms. The van der Waals surface area contributed by atoms with Gasteiger partial charge in [-0.2, -0.15) is 21.4 Å². The van der Waals surface area contributed by atoms with Crippen molar-refractivity contribution in [2.45, 2.75) is 44.9 Å². The Labute approximate surface area is 273 Å². The second kappa shape index (κ2) is 13.9. The molecular formula is C33H37N2O8S3+. The van der Waals surface area contributed by atoms with Gasteiger partial charge in [-0.3, -0.25) is 9.11 Å². The molecule has 0 amide bonds. The maximum absolute atomic E-state index is 11.8. The second-order valence-corrected chi connectivity index (χ2v) is 15.5. The molecule has 0 radical (unpaired) electrons. The number of methoxy groups -OCH3 is 1. The average molecular weight is 686 g/mol. The van der Waals surface area contributed by atoms with Gasteiger partial charge < -0.3 is 14.4 Å². The fraction of sp³-hybridized carbons (Fsp3) is 0.303. The molecule has 3 aromatic carbocycles. The van der Waals surface area contributed by atoms with Crippen LogP contribution in [0.25, 0.3) is 27.4 Å². The van der Waals surface area contributed by atoms with Crippen LogP contribution >= 0.6 is 11.3 Å². The van der Waals surface area contributed by atoms with Crippen LogP contribution in [0.4, 0.5) is 5.69 Å². The van der Waals surface area contributed by atoms with Gasteiger partial charge in [-0.05, 0) is 54.7 Å². The first-order valence-corrected chi connectivity index (χ1v) is 18.8. The van der Waals surface area contributed by atoms with Crippen LogP contribution in [-0.2, 0) is 26.8 Å². The molecule has 0 spiro atoms. The van der Waals surface area contributed by atoms with Crippen LogP contribution in [0.1, 0.15) is 38.1 Å². The van der Waals surface area contributed by atoms with E-state index in [1.165, 1.54) is 18.3 Å². The molecule has 244 valence electrons. The van der Waals surface area contributed by atoms with Gasteiger partial charge in [0.1, 0.15) is 10.4 Å². The number of ether oxygens (including phenoxy) is 2. The van der Waals surface area contributed by atoms with E-state index in [0.717, 1.165) is 37.6 Å². The van der Waals surface area contributed by atoms with Crippen LogP contribution in [0.3, 0.4) is 0 Å². The molecule has 1 unspecified atom stereocenters. The minimum atomic E-state index is -4.21. The first kappa shape index (κ1) is 33.6. The van der Waals surface area contributed by atoms with E-state index in [2.05, 4.69) is 0 Å². The van der Waals surface area contributed by atoms with Gasteiger partial charge in [0.05, 0.1) is 23.8 Å². The van der Waals surface area contributed by atoms with Crippen LogP contribution < -0.4 is 18.9 Å². The van der Waals surface area contributed by atoms with E-state index in [4.69, 9.17) is 9.47 Å². The Morgan fingerprint density at radius 2 is 1.80 bits per heavy atom. The predicted molar refractivity (Wildman–Crippen MR) is 181 cm³/mol. The van der Waals surface area contributed by atoms with Crippen LogP contribution in [0, 0.1) is 0 Å². The highest BCUT2D eigenvalue weighted by molar-refractivity contribution is 7.86. The summed E-state index contributed by atoms with van der Waals surface area (Å²) in [6.45, 7) is 4.15. The fourth-order valence-corrected chi connectivity index (χ4v) is 7.32. The zero-order chi connectivity index (χ0) is 33.1. The summed E-state index contributed by atoms with van der Waals surface area (Å²) >= 11 is 1.53. The lowest BCUT2D eigenvalue weighted by atomic mass is 10.0. The number of anilines is 1. The molecule has 0 saturated heterocycles. The SMILES string of the molecule is CCC(=Cc1sc2cc(OC)ccc2[n+]1CCCS(=O)(=O)O)C=C1Oc2ccc(-c3ccccc3)cc2N1CCC(C)S(=O)(=O)O. The van der Waals surface area contributed by atoms with E-state index in [1.54, 1.807) is 7.11 Å². The average Bonchev–Trinajstić information content (AvgIpc) is 3.54. The van der Waals surface area contributed by atoms with E-state index >= 15 is 0 Å². The fourth-order valence-electron chi connectivity index (χ4n) is 5.23. The van der Waals surface area contributed by atoms with Crippen molar-refractivity contribution in [1.82, 2.24) is 0 Å². The quantitative estimate of drug-likeness (QED) is 0.122. The monoisotopic (exact) mass is 685 g/mol. The molecule has 10 nitrogen and oxygen atoms in total. The minimum Gasteiger partial charge on any atom is -0.497 e. The number of aromatic nitrogens is 1. The molecule has 46 heavy (non-hydrogen) atoms. The highest BCUT2D eigenvalue weighted by Gasteiger charge is 2.29. The Kier molecular flexibility index (Phi) is 10.2. The molecule has 1 aliphatic heterocycles. The van der Waals surface area contributed by atoms with Gasteiger partial charge in [0, 0.05) is 37.3 Å². The van der Waals surface area contributed by atoms with Crippen molar-refractivity contribution >= 4 is 53.6 Å². The molecule has 2 N–H and O–H groups in total. The largest absolute Gasteiger partial charge is 0.497 e. The molecule has 0 saturated carbocycles. The Hall–Kier alpha value is -3.75. The summed E-state index contributed by atoms with van der Waals surface area (Å²) in [5, 5.41) is -0.0887. The lowest BCUT2D eigenvalue weighted by molar-refractivity contribution is -0.668. The first-order chi connectivity index (χ1) is 21.9. The number of allylic oxidation sites excluding steroid dienone is 2. The Morgan fingerprint density at radius 1 is 1.04 bits per heavy atom. The summed E-state index contributed by atoms with van der Waals surface area (Å²) in [5.41, 5.74) is 4.63. The van der Waals surface area contributed by atoms with Crippen LogP contribution in [0.15, 0.2) is 84.3 Å². The number of rotatable bonds is 13. The lowest BCUT2D eigenvalue weighted by Gasteiger charge is -2.20. The number of thiazole rings is 1. The summed E-state index contributed by atoms with van der Waals surface area (Å²) in [5.74, 6) is 1.51. The number of nitrogens with zero attached hydrogens (tertiary/aromatic N) is 2. The van der Waals surface area contributed by atoms with E-state index in [0.29, 0.717) is 30.3 Å². The third kappa shape index (κ3) is 7.96. The highest BCUT2D eigenvalue weighted by atomic mass is 32.2. The van der Waals surface area contributed by atoms with E-state index < -0.39 is 25.5 Å². The van der Waals surface area contributed by atoms with Crippen molar-refractivity contribution in [2.24, 2.45) is 0 Å². The van der Waals surface area contributed by atoms with Gasteiger partial charge in [-0.25, -0.2) is 0 Å². The van der Waals surface area contributed by atoms with Crippen molar-refractivity contribution in [3.8, 4) is 22.6 Å². The Morgan fingerprint density at radius 3 is 2.48 bits per heavy atom. The van der Waals surface area contributed by atoms with Crippen molar-refractivity contribution in [2.75, 3.05) is 24.3 Å². The van der Waals surface area contributed by atoms with Gasteiger partial charge >= 0.3 is 0 Å². The second-order valence-electron chi connectivity index (χ2n) is 11.0. The third-order valence-corrected chi connectivity index (χ3v) is 11.0. The number of benzene rings is 3. The number of fused-ring (bicyclic) bond motifs is 2. The summed E-state index contributed by atoms with van der Waals surface area (Å²) < 4.78 is 80.2. The molecule has 1 aromatic heterocycles. The Balaban J connectivity index is 1.54. The zero-order valence-electron chi connectivity index (χ0n) is 25.8. The van der Waals surface area contributed by atoms with Crippen molar-refractivity contribution in [3.63, 3.8) is 0 Å². The molecule has 0 aliphatic carbocycles. The van der Waals surface area contributed by atoms with Crippen LogP contribution in [-0.4, -0.2) is 50.6 Å². The van der Waals surface area contributed by atoms with Crippen molar-refractivity contribution in [3.05, 3.63) is 89.3 Å². The Bertz CT molecular complexity index is 2000. The summed E-state index contributed by atoms with van der Waals surface area (Å²) in [4.78, 5) is 1.93. The molecule has 5 rings (SSSR count). The summed E-state index contributed by atoms with van der Waals surface area (Å²) in [6.07, 6.45) is 4.99. The van der Waals surface area contributed by atoms with Crippen molar-refractivity contribution < 1.29 is 40.0 Å². The lowest BCUT2D eigenvalue weighted by Crippen LogP contribution is -2.36. The third-order valence-electron chi connectivity index (χ3n) is 7.85. The standard InChI is InChI=1S/C33H36N2O8S3/c1-4-24(20-33-35(16-8-18-45(36,37)38)28-13-12-27(42-3)22-31(28)44-33)19-32-34(17-15-23(2)46(39,40)41)29-21-26(11-14-30(29)43-32)25-9-6-5-7-10-25/h5-7,9-14,19-23H,4,8,15-18H2,1-3H3,(H-,36,37,38,39,40,41)/p+1. The van der Waals surface area contributed by atoms with Gasteiger partial charge in [-0.1, -0.05) is 54.7 Å². The van der Waals surface area contributed by atoms with Gasteiger partial charge in [0.25, 0.3) is 25.2 Å². The highest BCUT2D eigenvalue weighted by Crippen LogP contribution is 2.42. The molecule has 1 atom stereocenters. The van der Waals surface area contributed by atoms with E-state index in [-0.39, 0.29) is 25.1 Å².